The van der Waals surface area contributed by atoms with Crippen molar-refractivity contribution in [3.05, 3.63) is 36.9 Å². The smallest absolute Gasteiger partial charge is 0.191 e. The zero-order valence-corrected chi connectivity index (χ0v) is 12.3. The first kappa shape index (κ1) is 14.3. The second kappa shape index (κ2) is 7.49. The van der Waals surface area contributed by atoms with Crippen LogP contribution in [0, 0.1) is 0 Å². The molecule has 0 aliphatic heterocycles. The summed E-state index contributed by atoms with van der Waals surface area (Å²) in [5.41, 5.74) is 1.04. The maximum Gasteiger partial charge on any atom is 0.191 e. The molecule has 0 radical (unpaired) electrons. The van der Waals surface area contributed by atoms with Gasteiger partial charge in [0.2, 0.25) is 0 Å². The van der Waals surface area contributed by atoms with Gasteiger partial charge in [-0.2, -0.15) is 0 Å². The zero-order chi connectivity index (χ0) is 14.2. The number of hydrogen-bond acceptors (Lipinski definition) is 4. The van der Waals surface area contributed by atoms with Crippen molar-refractivity contribution in [1.82, 2.24) is 15.6 Å². The highest BCUT2D eigenvalue weighted by Crippen LogP contribution is 2.24. The van der Waals surface area contributed by atoms with Gasteiger partial charge in [-0.05, 0) is 12.1 Å². The zero-order valence-electron chi connectivity index (χ0n) is 11.5. The molecule has 3 N–H and O–H groups in total. The normalized spacial score (nSPS) is 11.3. The summed E-state index contributed by atoms with van der Waals surface area (Å²) in [4.78, 5) is 8.63. The molecule has 0 spiro atoms. The van der Waals surface area contributed by atoms with E-state index in [-0.39, 0.29) is 0 Å². The Morgan fingerprint density at radius 1 is 1.35 bits per heavy atom. The van der Waals surface area contributed by atoms with Crippen LogP contribution in [0.1, 0.15) is 0 Å². The third kappa shape index (κ3) is 3.96. The van der Waals surface area contributed by atoms with Gasteiger partial charge in [0.25, 0.3) is 0 Å². The van der Waals surface area contributed by atoms with Crippen LogP contribution in [-0.4, -0.2) is 37.6 Å². The van der Waals surface area contributed by atoms with Crippen LogP contribution in [0.15, 0.2) is 41.9 Å². The number of rotatable bonds is 6. The fourth-order valence-corrected chi connectivity index (χ4v) is 2.58. The van der Waals surface area contributed by atoms with Crippen LogP contribution in [-0.2, 0) is 0 Å². The van der Waals surface area contributed by atoms with Gasteiger partial charge >= 0.3 is 0 Å². The molecule has 0 aliphatic carbocycles. The number of para-hydroxylation sites is 1. The molecule has 0 aliphatic rings. The Balaban J connectivity index is 1.76. The van der Waals surface area contributed by atoms with Crippen LogP contribution < -0.4 is 16.0 Å². The summed E-state index contributed by atoms with van der Waals surface area (Å²) < 4.78 is 1.20. The molecule has 0 unspecified atom stereocenters. The van der Waals surface area contributed by atoms with Crippen molar-refractivity contribution < 1.29 is 0 Å². The van der Waals surface area contributed by atoms with E-state index in [0.717, 1.165) is 29.7 Å². The molecule has 2 rings (SSSR count). The average Bonchev–Trinajstić information content (AvgIpc) is 2.89. The van der Waals surface area contributed by atoms with Crippen molar-refractivity contribution in [3.8, 4) is 0 Å². The minimum atomic E-state index is 0.699. The minimum absolute atomic E-state index is 0.699. The Bertz CT molecular complexity index is 557. The quantitative estimate of drug-likeness (QED) is 0.330. The molecule has 106 valence electrons. The molecule has 20 heavy (non-hydrogen) atoms. The van der Waals surface area contributed by atoms with Crippen LogP contribution in [0.4, 0.5) is 5.13 Å². The van der Waals surface area contributed by atoms with Gasteiger partial charge in [-0.3, -0.25) is 4.99 Å². The van der Waals surface area contributed by atoms with Crippen molar-refractivity contribution in [1.29, 1.82) is 0 Å². The predicted molar refractivity (Wildman–Crippen MR) is 87.7 cm³/mol. The monoisotopic (exact) mass is 289 g/mol. The first-order chi connectivity index (χ1) is 9.83. The maximum atomic E-state index is 4.52. The molecule has 6 heteroatoms. The summed E-state index contributed by atoms with van der Waals surface area (Å²) >= 11 is 1.67. The summed E-state index contributed by atoms with van der Waals surface area (Å²) in [6.07, 6.45) is 1.80. The van der Waals surface area contributed by atoms with Gasteiger partial charge in [0.05, 0.1) is 10.2 Å². The van der Waals surface area contributed by atoms with Crippen molar-refractivity contribution in [2.24, 2.45) is 4.99 Å². The Kier molecular flexibility index (Phi) is 5.37. The van der Waals surface area contributed by atoms with E-state index in [1.54, 1.807) is 24.5 Å². The lowest BCUT2D eigenvalue weighted by Gasteiger charge is -2.10. The van der Waals surface area contributed by atoms with Crippen molar-refractivity contribution in [3.63, 3.8) is 0 Å². The lowest BCUT2D eigenvalue weighted by atomic mass is 10.3. The van der Waals surface area contributed by atoms with E-state index in [1.165, 1.54) is 4.70 Å². The fourth-order valence-electron chi connectivity index (χ4n) is 1.69. The van der Waals surface area contributed by atoms with Crippen LogP contribution in [0.5, 0.6) is 0 Å². The summed E-state index contributed by atoms with van der Waals surface area (Å²) in [5, 5.41) is 10.6. The first-order valence-electron chi connectivity index (χ1n) is 6.48. The standard InChI is InChI=1S/C14H19N5S/c1-3-8-16-13(15-2)17-9-10-18-14-19-11-6-4-5-7-12(11)20-14/h3-7H,1,8-10H2,2H3,(H,18,19)(H2,15,16,17). The van der Waals surface area contributed by atoms with Crippen molar-refractivity contribution in [2.45, 2.75) is 0 Å². The first-order valence-corrected chi connectivity index (χ1v) is 7.30. The number of benzene rings is 1. The molecule has 0 saturated carbocycles. The Hall–Kier alpha value is -2.08. The van der Waals surface area contributed by atoms with Gasteiger partial charge in [0.15, 0.2) is 11.1 Å². The molecule has 0 saturated heterocycles. The lowest BCUT2D eigenvalue weighted by molar-refractivity contribution is 0.849. The van der Waals surface area contributed by atoms with E-state index in [4.69, 9.17) is 0 Å². The summed E-state index contributed by atoms with van der Waals surface area (Å²) in [6.45, 7) is 5.92. The van der Waals surface area contributed by atoms with E-state index >= 15 is 0 Å². The van der Waals surface area contributed by atoms with Crippen molar-refractivity contribution >= 4 is 32.6 Å². The van der Waals surface area contributed by atoms with E-state index < -0.39 is 0 Å². The second-order valence-electron chi connectivity index (χ2n) is 4.08. The summed E-state index contributed by atoms with van der Waals surface area (Å²) in [7, 11) is 1.75. The number of aromatic nitrogens is 1. The molecule has 1 aromatic carbocycles. The van der Waals surface area contributed by atoms with Gasteiger partial charge in [0, 0.05) is 26.7 Å². The number of nitrogens with one attached hydrogen (secondary N) is 3. The van der Waals surface area contributed by atoms with Gasteiger partial charge in [0.1, 0.15) is 0 Å². The molecule has 0 atom stereocenters. The number of guanidine groups is 1. The summed E-state index contributed by atoms with van der Waals surface area (Å²) in [5.74, 6) is 0.774. The van der Waals surface area contributed by atoms with Gasteiger partial charge in [-0.25, -0.2) is 4.98 Å². The SMILES string of the molecule is C=CCNC(=NC)NCCNc1nc2ccccc2s1. The van der Waals surface area contributed by atoms with Crippen molar-refractivity contribution in [2.75, 3.05) is 32.0 Å². The van der Waals surface area contributed by atoms with Gasteiger partial charge < -0.3 is 16.0 Å². The average molecular weight is 289 g/mol. The number of nitrogens with zero attached hydrogens (tertiary/aromatic N) is 2. The number of anilines is 1. The third-order valence-electron chi connectivity index (χ3n) is 2.63. The second-order valence-corrected chi connectivity index (χ2v) is 5.11. The van der Waals surface area contributed by atoms with Gasteiger partial charge in [-0.1, -0.05) is 29.5 Å². The molecule has 5 nitrogen and oxygen atoms in total. The van der Waals surface area contributed by atoms with Gasteiger partial charge in [-0.15, -0.1) is 6.58 Å². The largest absolute Gasteiger partial charge is 0.360 e. The lowest BCUT2D eigenvalue weighted by Crippen LogP contribution is -2.39. The van der Waals surface area contributed by atoms with Crippen LogP contribution in [0.2, 0.25) is 0 Å². The Morgan fingerprint density at radius 2 is 2.20 bits per heavy atom. The van der Waals surface area contributed by atoms with Crippen LogP contribution in [0.3, 0.4) is 0 Å². The number of thiazole rings is 1. The molecular weight excluding hydrogens is 270 g/mol. The summed E-state index contributed by atoms with van der Waals surface area (Å²) in [6, 6.07) is 8.14. The molecule has 0 amide bonds. The highest BCUT2D eigenvalue weighted by Gasteiger charge is 2.01. The highest BCUT2D eigenvalue weighted by atomic mass is 32.1. The Labute approximate surface area is 122 Å². The molecule has 1 heterocycles. The van der Waals surface area contributed by atoms with E-state index in [0.29, 0.717) is 6.54 Å². The van der Waals surface area contributed by atoms with E-state index in [9.17, 15) is 0 Å². The molecular formula is C14H19N5S. The third-order valence-corrected chi connectivity index (χ3v) is 3.62. The van der Waals surface area contributed by atoms with Crippen LogP contribution >= 0.6 is 11.3 Å². The number of fused-ring (bicyclic) bond motifs is 1. The fraction of sp³-hybridized carbons (Fsp3) is 0.286. The number of aliphatic imine (C=N–C) groups is 1. The molecule has 1 aromatic heterocycles. The van der Waals surface area contributed by atoms with E-state index in [1.807, 2.05) is 18.2 Å². The Morgan fingerprint density at radius 3 is 2.95 bits per heavy atom. The number of hydrogen-bond donors (Lipinski definition) is 3. The predicted octanol–water partition coefficient (Wildman–Crippen LogP) is 2.06. The molecule has 0 fully saturated rings. The molecule has 2 aromatic rings. The minimum Gasteiger partial charge on any atom is -0.360 e. The highest BCUT2D eigenvalue weighted by molar-refractivity contribution is 7.22. The maximum absolute atomic E-state index is 4.52. The van der Waals surface area contributed by atoms with Crippen LogP contribution in [0.25, 0.3) is 10.2 Å². The molecule has 0 bridgehead atoms. The topological polar surface area (TPSA) is 61.3 Å². The van der Waals surface area contributed by atoms with E-state index in [2.05, 4.69) is 38.6 Å².